The summed E-state index contributed by atoms with van der Waals surface area (Å²) in [6.45, 7) is 0.661. The lowest BCUT2D eigenvalue weighted by atomic mass is 9.95. The van der Waals surface area contributed by atoms with Crippen LogP contribution < -0.4 is 0 Å². The van der Waals surface area contributed by atoms with Crippen LogP contribution in [0.15, 0.2) is 65.2 Å². The lowest BCUT2D eigenvalue weighted by Gasteiger charge is -2.35. The summed E-state index contributed by atoms with van der Waals surface area (Å²) in [7, 11) is 0. The Morgan fingerprint density at radius 1 is 1.08 bits per heavy atom. The van der Waals surface area contributed by atoms with E-state index in [1.54, 1.807) is 18.2 Å². The molecule has 1 aromatic heterocycles. The molecule has 0 radical (unpaired) electrons. The highest BCUT2D eigenvalue weighted by Crippen LogP contribution is 2.32. The molecule has 5 heteroatoms. The van der Waals surface area contributed by atoms with Gasteiger partial charge in [0, 0.05) is 18.2 Å². The van der Waals surface area contributed by atoms with Gasteiger partial charge in [0.2, 0.25) is 0 Å². The third-order valence-electron chi connectivity index (χ3n) is 4.81. The number of hydrogen-bond acceptors (Lipinski definition) is 3. The Kier molecular flexibility index (Phi) is 4.52. The van der Waals surface area contributed by atoms with Crippen molar-refractivity contribution in [3.8, 4) is 11.3 Å². The molecule has 0 spiro atoms. The van der Waals surface area contributed by atoms with Gasteiger partial charge in [-0.05, 0) is 37.0 Å². The first-order chi connectivity index (χ1) is 12.7. The number of aromatic nitrogens is 1. The smallest absolute Gasteiger partial charge is 0.276 e. The number of hydrogen-bond donors (Lipinski definition) is 0. The average molecular weight is 350 g/mol. The van der Waals surface area contributed by atoms with Crippen LogP contribution in [0.4, 0.5) is 4.39 Å². The Balaban J connectivity index is 1.59. The molecule has 2 heterocycles. The summed E-state index contributed by atoms with van der Waals surface area (Å²) in [6.07, 6.45) is 2.85. The molecule has 4 nitrogen and oxygen atoms in total. The molecule has 0 saturated carbocycles. The number of rotatable bonds is 3. The number of amides is 1. The predicted molar refractivity (Wildman–Crippen MR) is 96.0 cm³/mol. The van der Waals surface area contributed by atoms with Crippen molar-refractivity contribution in [2.75, 3.05) is 6.54 Å². The molecule has 132 valence electrons. The molecule has 1 aliphatic rings. The van der Waals surface area contributed by atoms with Crippen molar-refractivity contribution in [2.45, 2.75) is 25.3 Å². The van der Waals surface area contributed by atoms with E-state index >= 15 is 0 Å². The van der Waals surface area contributed by atoms with E-state index < -0.39 is 0 Å². The van der Waals surface area contributed by atoms with Gasteiger partial charge >= 0.3 is 0 Å². The first kappa shape index (κ1) is 16.5. The van der Waals surface area contributed by atoms with Crippen molar-refractivity contribution < 1.29 is 13.7 Å². The highest BCUT2D eigenvalue weighted by Gasteiger charge is 2.30. The van der Waals surface area contributed by atoms with Gasteiger partial charge in [-0.1, -0.05) is 47.6 Å². The first-order valence-electron chi connectivity index (χ1n) is 8.81. The Morgan fingerprint density at radius 2 is 1.85 bits per heavy atom. The summed E-state index contributed by atoms with van der Waals surface area (Å²) in [5.41, 5.74) is 2.14. The van der Waals surface area contributed by atoms with Crippen molar-refractivity contribution in [3.63, 3.8) is 0 Å². The van der Waals surface area contributed by atoms with Gasteiger partial charge in [-0.3, -0.25) is 4.79 Å². The van der Waals surface area contributed by atoms with Gasteiger partial charge in [0.1, 0.15) is 5.82 Å². The zero-order valence-corrected chi connectivity index (χ0v) is 14.3. The topological polar surface area (TPSA) is 46.3 Å². The summed E-state index contributed by atoms with van der Waals surface area (Å²) in [5, 5.41) is 3.98. The van der Waals surface area contributed by atoms with Crippen molar-refractivity contribution >= 4 is 5.91 Å². The normalized spacial score (nSPS) is 17.3. The molecule has 0 bridgehead atoms. The second-order valence-electron chi connectivity index (χ2n) is 6.50. The molecule has 1 atom stereocenters. The van der Waals surface area contributed by atoms with Crippen LogP contribution in [0.1, 0.15) is 41.4 Å². The first-order valence-corrected chi connectivity index (χ1v) is 8.81. The van der Waals surface area contributed by atoms with Crippen LogP contribution in [0.3, 0.4) is 0 Å². The maximum absolute atomic E-state index is 13.2. The van der Waals surface area contributed by atoms with Gasteiger partial charge in [0.15, 0.2) is 11.5 Å². The van der Waals surface area contributed by atoms with Crippen molar-refractivity contribution in [2.24, 2.45) is 0 Å². The minimum Gasteiger partial charge on any atom is -0.355 e. The number of carbonyl (C=O) groups excluding carboxylic acids is 1. The maximum atomic E-state index is 13.2. The summed E-state index contributed by atoms with van der Waals surface area (Å²) >= 11 is 0. The summed E-state index contributed by atoms with van der Waals surface area (Å²) in [5.74, 6) is 0.153. The third kappa shape index (κ3) is 3.25. The van der Waals surface area contributed by atoms with Crippen LogP contribution in [-0.4, -0.2) is 22.5 Å². The van der Waals surface area contributed by atoms with Crippen molar-refractivity contribution in [3.05, 3.63) is 77.7 Å². The molecule has 2 aromatic carbocycles. The van der Waals surface area contributed by atoms with E-state index in [-0.39, 0.29) is 17.8 Å². The number of likely N-dealkylation sites (tertiary alicyclic amines) is 1. The van der Waals surface area contributed by atoms with Gasteiger partial charge in [-0.15, -0.1) is 0 Å². The van der Waals surface area contributed by atoms with Gasteiger partial charge < -0.3 is 9.42 Å². The minimum atomic E-state index is -0.272. The van der Waals surface area contributed by atoms with Crippen LogP contribution in [-0.2, 0) is 0 Å². The Labute approximate surface area is 151 Å². The third-order valence-corrected chi connectivity index (χ3v) is 4.81. The monoisotopic (exact) mass is 350 g/mol. The van der Waals surface area contributed by atoms with Crippen LogP contribution in [0, 0.1) is 5.82 Å². The molecule has 1 fully saturated rings. The van der Waals surface area contributed by atoms with E-state index in [0.717, 1.165) is 30.4 Å². The zero-order valence-electron chi connectivity index (χ0n) is 14.3. The SMILES string of the molecule is O=C(c1cc(-c2ccccc2)on1)N1CCCC[C@H]1c1ccc(F)cc1. The molecule has 26 heavy (non-hydrogen) atoms. The largest absolute Gasteiger partial charge is 0.355 e. The molecule has 4 rings (SSSR count). The maximum Gasteiger partial charge on any atom is 0.276 e. The molecule has 1 amide bonds. The Morgan fingerprint density at radius 3 is 2.62 bits per heavy atom. The van der Waals surface area contributed by atoms with Crippen LogP contribution >= 0.6 is 0 Å². The van der Waals surface area contributed by atoms with E-state index in [9.17, 15) is 9.18 Å². The van der Waals surface area contributed by atoms with Crippen molar-refractivity contribution in [1.82, 2.24) is 10.1 Å². The Hall–Kier alpha value is -2.95. The highest BCUT2D eigenvalue weighted by molar-refractivity contribution is 5.93. The lowest BCUT2D eigenvalue weighted by Crippen LogP contribution is -2.38. The van der Waals surface area contributed by atoms with Gasteiger partial charge in [-0.25, -0.2) is 4.39 Å². The standard InChI is InChI=1S/C21H19FN2O2/c22-17-11-9-15(10-12-17)19-8-4-5-13-24(19)21(25)18-14-20(26-23-18)16-6-2-1-3-7-16/h1-3,6-7,9-12,14,19H,4-5,8,13H2/t19-/m0/s1. The second kappa shape index (κ2) is 7.12. The predicted octanol–water partition coefficient (Wildman–Crippen LogP) is 4.85. The fraction of sp³-hybridized carbons (Fsp3) is 0.238. The van der Waals surface area contributed by atoms with E-state index in [4.69, 9.17) is 4.52 Å². The number of halogens is 1. The highest BCUT2D eigenvalue weighted by atomic mass is 19.1. The van der Waals surface area contributed by atoms with E-state index in [2.05, 4.69) is 5.16 Å². The minimum absolute atomic E-state index is 0.0614. The number of benzene rings is 2. The van der Waals surface area contributed by atoms with Gasteiger partial charge in [0.25, 0.3) is 5.91 Å². The molecule has 1 saturated heterocycles. The summed E-state index contributed by atoms with van der Waals surface area (Å²) < 4.78 is 18.6. The molecule has 0 unspecified atom stereocenters. The van der Waals surface area contributed by atoms with Crippen LogP contribution in [0.25, 0.3) is 11.3 Å². The number of piperidine rings is 1. The van der Waals surface area contributed by atoms with Gasteiger partial charge in [-0.2, -0.15) is 0 Å². The molecule has 1 aliphatic heterocycles. The molecular weight excluding hydrogens is 331 g/mol. The van der Waals surface area contributed by atoms with E-state index in [1.165, 1.54) is 12.1 Å². The quantitative estimate of drug-likeness (QED) is 0.678. The number of nitrogens with zero attached hydrogens (tertiary/aromatic N) is 2. The molecule has 0 N–H and O–H groups in total. The molecule has 0 aliphatic carbocycles. The molecular formula is C21H19FN2O2. The van der Waals surface area contributed by atoms with E-state index in [0.29, 0.717) is 18.0 Å². The van der Waals surface area contributed by atoms with Crippen LogP contribution in [0.5, 0.6) is 0 Å². The summed E-state index contributed by atoms with van der Waals surface area (Å²) in [4.78, 5) is 14.8. The zero-order chi connectivity index (χ0) is 17.9. The van der Waals surface area contributed by atoms with Crippen molar-refractivity contribution in [1.29, 1.82) is 0 Å². The Bertz CT molecular complexity index is 890. The summed E-state index contributed by atoms with van der Waals surface area (Å²) in [6, 6.07) is 17.6. The fourth-order valence-corrected chi connectivity index (χ4v) is 3.47. The van der Waals surface area contributed by atoms with Gasteiger partial charge in [0.05, 0.1) is 6.04 Å². The van der Waals surface area contributed by atoms with Crippen LogP contribution in [0.2, 0.25) is 0 Å². The number of carbonyl (C=O) groups is 1. The second-order valence-corrected chi connectivity index (χ2v) is 6.50. The molecule has 3 aromatic rings. The lowest BCUT2D eigenvalue weighted by molar-refractivity contribution is 0.0601. The fourth-order valence-electron chi connectivity index (χ4n) is 3.47. The average Bonchev–Trinajstić information content (AvgIpc) is 3.19. The van der Waals surface area contributed by atoms with E-state index in [1.807, 2.05) is 35.2 Å².